The standard InChI is InChI=1S/C45H59N9O5S/c1-5-15-44(25-43(4)16-9-17-45(26-43,27-44)59-20-18-46-21-31(23-55)24-56)28-54-30(3)34(22-47-54)33-13-14-37(49-38(33)41(57)58)53-19-8-10-32-29(2)39(51-52-40(32)53)50-42-48-35-11-6-7-12-36(35)60-42/h6-7,11-14,22,31,46,55-56H,5,8-10,15-21,23-28H2,1-4H3,(H,57,58)(H,48,50,51)/t43-,44-,45+/m1/s1. The van der Waals surface area contributed by atoms with Gasteiger partial charge in [0.15, 0.2) is 22.5 Å². The number of thiazole rings is 1. The number of nitrogens with one attached hydrogen (secondary N) is 2. The van der Waals surface area contributed by atoms with E-state index in [1.54, 1.807) is 17.5 Å². The maximum Gasteiger partial charge on any atom is 0.355 e. The number of nitrogens with zero attached hydrogens (tertiary/aromatic N) is 7. The molecule has 3 atom stereocenters. The number of fused-ring (bicyclic) bond motifs is 4. The molecule has 2 aliphatic carbocycles. The van der Waals surface area contributed by atoms with E-state index in [9.17, 15) is 20.1 Å². The Labute approximate surface area is 355 Å². The van der Waals surface area contributed by atoms with Crippen molar-refractivity contribution in [2.45, 2.75) is 104 Å². The Balaban J connectivity index is 1.02. The zero-order chi connectivity index (χ0) is 42.1. The quantitative estimate of drug-likeness (QED) is 0.0578. The highest BCUT2D eigenvalue weighted by atomic mass is 32.1. The summed E-state index contributed by atoms with van der Waals surface area (Å²) in [6.07, 6.45) is 12.0. The summed E-state index contributed by atoms with van der Waals surface area (Å²) in [5.74, 6) is 0.605. The predicted octanol–water partition coefficient (Wildman–Crippen LogP) is 7.59. The number of aliphatic hydroxyl groups excluding tert-OH is 2. The summed E-state index contributed by atoms with van der Waals surface area (Å²) >= 11 is 1.57. The summed E-state index contributed by atoms with van der Waals surface area (Å²) in [5, 5.41) is 51.2. The lowest BCUT2D eigenvalue weighted by atomic mass is 9.51. The molecule has 15 heteroatoms. The number of aromatic nitrogens is 6. The van der Waals surface area contributed by atoms with Crippen LogP contribution in [0.2, 0.25) is 0 Å². The Morgan fingerprint density at radius 3 is 2.63 bits per heavy atom. The molecule has 320 valence electrons. The molecule has 0 saturated heterocycles. The maximum absolute atomic E-state index is 13.0. The van der Waals surface area contributed by atoms with E-state index in [2.05, 4.69) is 39.4 Å². The number of hydrogen-bond donors (Lipinski definition) is 5. The monoisotopic (exact) mass is 837 g/mol. The van der Waals surface area contributed by atoms with Crippen LogP contribution in [0.15, 0.2) is 42.6 Å². The average molecular weight is 838 g/mol. The van der Waals surface area contributed by atoms with Crippen molar-refractivity contribution in [3.63, 3.8) is 0 Å². The lowest BCUT2D eigenvalue weighted by Crippen LogP contribution is -2.54. The van der Waals surface area contributed by atoms with Crippen LogP contribution < -0.4 is 15.5 Å². The Morgan fingerprint density at radius 1 is 1.02 bits per heavy atom. The second-order valence-corrected chi connectivity index (χ2v) is 19.0. The van der Waals surface area contributed by atoms with Gasteiger partial charge >= 0.3 is 5.97 Å². The highest BCUT2D eigenvalue weighted by Crippen LogP contribution is 2.60. The molecular weight excluding hydrogens is 779 g/mol. The van der Waals surface area contributed by atoms with Crippen molar-refractivity contribution in [2.24, 2.45) is 16.7 Å². The molecule has 0 amide bonds. The van der Waals surface area contributed by atoms with Gasteiger partial charge in [-0.15, -0.1) is 10.2 Å². The molecule has 5 aromatic rings. The molecule has 1 aromatic carbocycles. The third-order valence-corrected chi connectivity index (χ3v) is 14.2. The molecule has 1 aliphatic heterocycles. The van der Waals surface area contributed by atoms with Crippen LogP contribution in [0.25, 0.3) is 21.3 Å². The van der Waals surface area contributed by atoms with E-state index in [1.165, 1.54) is 6.42 Å². The SMILES string of the molecule is CCC[C@@]1(Cn2ncc(-c3ccc(N4CCCc5c4nnc(Nc4nc6ccccc6s4)c5C)nc3C(=O)O)c2C)C[C@@]2(C)CCC[C@](OCCNCC(CO)CO)(C2)C1. The number of ether oxygens (including phenoxy) is 1. The van der Waals surface area contributed by atoms with Crippen LogP contribution in [-0.2, 0) is 17.7 Å². The summed E-state index contributed by atoms with van der Waals surface area (Å²) in [5.41, 5.74) is 5.07. The van der Waals surface area contributed by atoms with Gasteiger partial charge in [0.1, 0.15) is 5.82 Å². The van der Waals surface area contributed by atoms with Crippen molar-refractivity contribution in [3.05, 3.63) is 65.1 Å². The minimum atomic E-state index is -1.10. The van der Waals surface area contributed by atoms with Crippen LogP contribution in [0.3, 0.4) is 0 Å². The number of anilines is 4. The number of carboxylic acid groups (broad SMARTS) is 1. The van der Waals surface area contributed by atoms with Crippen molar-refractivity contribution in [3.8, 4) is 11.1 Å². The van der Waals surface area contributed by atoms with Gasteiger partial charge in [0.05, 0.1) is 28.6 Å². The Bertz CT molecular complexity index is 2300. The van der Waals surface area contributed by atoms with Crippen LogP contribution >= 0.6 is 11.3 Å². The van der Waals surface area contributed by atoms with Crippen molar-refractivity contribution in [1.82, 2.24) is 35.3 Å². The van der Waals surface area contributed by atoms with Crippen molar-refractivity contribution in [1.29, 1.82) is 0 Å². The van der Waals surface area contributed by atoms with E-state index in [0.717, 1.165) is 102 Å². The van der Waals surface area contributed by atoms with Crippen LogP contribution in [0.5, 0.6) is 0 Å². The maximum atomic E-state index is 13.0. The molecule has 4 aromatic heterocycles. The van der Waals surface area contributed by atoms with Crippen LogP contribution in [0, 0.1) is 30.6 Å². The smallest absolute Gasteiger partial charge is 0.355 e. The van der Waals surface area contributed by atoms with Crippen LogP contribution in [0.4, 0.5) is 22.6 Å². The second kappa shape index (κ2) is 17.4. The molecule has 5 N–H and O–H groups in total. The van der Waals surface area contributed by atoms with Crippen molar-refractivity contribution < 1.29 is 24.9 Å². The highest BCUT2D eigenvalue weighted by Gasteiger charge is 2.55. The lowest BCUT2D eigenvalue weighted by Gasteiger charge is -2.58. The van der Waals surface area contributed by atoms with Gasteiger partial charge in [-0.1, -0.05) is 50.2 Å². The average Bonchev–Trinajstić information content (AvgIpc) is 3.81. The molecule has 8 rings (SSSR count). The van der Waals surface area contributed by atoms with E-state index in [0.29, 0.717) is 49.3 Å². The van der Waals surface area contributed by atoms with E-state index in [1.807, 2.05) is 55.1 Å². The number of para-hydroxylation sites is 1. The second-order valence-electron chi connectivity index (χ2n) is 17.9. The molecule has 5 heterocycles. The summed E-state index contributed by atoms with van der Waals surface area (Å²) in [7, 11) is 0. The number of benzene rings is 1. The number of carbonyl (C=O) groups is 1. The number of pyridine rings is 1. The highest BCUT2D eigenvalue weighted by molar-refractivity contribution is 7.22. The summed E-state index contributed by atoms with van der Waals surface area (Å²) < 4.78 is 10.0. The lowest BCUT2D eigenvalue weighted by molar-refractivity contribution is -0.171. The van der Waals surface area contributed by atoms with Gasteiger partial charge < -0.3 is 35.6 Å². The number of aliphatic hydroxyl groups is 2. The first-order chi connectivity index (χ1) is 29.0. The van der Waals surface area contributed by atoms with Gasteiger partial charge in [0.2, 0.25) is 0 Å². The fraction of sp³-hybridized carbons (Fsp3) is 0.556. The van der Waals surface area contributed by atoms with Gasteiger partial charge in [0.25, 0.3) is 0 Å². The third-order valence-electron chi connectivity index (χ3n) is 13.2. The number of aromatic carboxylic acids is 1. The van der Waals surface area contributed by atoms with Gasteiger partial charge in [0, 0.05) is 73.3 Å². The molecule has 0 spiro atoms. The summed E-state index contributed by atoms with van der Waals surface area (Å²) in [4.78, 5) is 24.5. The van der Waals surface area contributed by atoms with Gasteiger partial charge in [-0.05, 0) is 100 Å². The van der Waals surface area contributed by atoms with E-state index in [-0.39, 0.29) is 41.3 Å². The van der Waals surface area contributed by atoms with Crippen LogP contribution in [-0.4, -0.2) is 96.3 Å². The van der Waals surface area contributed by atoms with Gasteiger partial charge in [-0.25, -0.2) is 14.8 Å². The molecule has 2 saturated carbocycles. The topological polar surface area (TPSA) is 184 Å². The summed E-state index contributed by atoms with van der Waals surface area (Å²) in [6.45, 7) is 11.8. The summed E-state index contributed by atoms with van der Waals surface area (Å²) in [6, 6.07) is 11.8. The molecule has 2 fully saturated rings. The van der Waals surface area contributed by atoms with E-state index >= 15 is 0 Å². The molecular formula is C45H59N9O5S. The number of hydrogen-bond acceptors (Lipinski definition) is 13. The van der Waals surface area contributed by atoms with Gasteiger partial charge in [-0.2, -0.15) is 5.10 Å². The molecule has 60 heavy (non-hydrogen) atoms. The van der Waals surface area contributed by atoms with Gasteiger partial charge in [-0.3, -0.25) is 4.68 Å². The minimum absolute atomic E-state index is 0.0191. The van der Waals surface area contributed by atoms with Crippen LogP contribution in [0.1, 0.15) is 98.9 Å². The normalized spacial score (nSPS) is 22.7. The zero-order valence-electron chi connectivity index (χ0n) is 35.3. The molecule has 0 radical (unpaired) electrons. The first-order valence-corrected chi connectivity index (χ1v) is 22.4. The Hall–Kier alpha value is -4.54. The zero-order valence-corrected chi connectivity index (χ0v) is 36.2. The molecule has 0 unspecified atom stereocenters. The fourth-order valence-electron chi connectivity index (χ4n) is 10.8. The van der Waals surface area contributed by atoms with Crippen molar-refractivity contribution >= 4 is 50.1 Å². The van der Waals surface area contributed by atoms with Crippen molar-refractivity contribution in [2.75, 3.05) is 49.7 Å². The minimum Gasteiger partial charge on any atom is -0.476 e. The first-order valence-electron chi connectivity index (χ1n) is 21.6. The van der Waals surface area contributed by atoms with E-state index in [4.69, 9.17) is 19.8 Å². The predicted molar refractivity (Wildman–Crippen MR) is 235 cm³/mol. The van der Waals surface area contributed by atoms with E-state index < -0.39 is 5.97 Å². The number of carboxylic acids is 1. The first kappa shape index (κ1) is 42.2. The molecule has 2 bridgehead atoms. The Morgan fingerprint density at radius 2 is 1.85 bits per heavy atom. The fourth-order valence-corrected chi connectivity index (χ4v) is 11.6. The largest absolute Gasteiger partial charge is 0.476 e. The Kier molecular flexibility index (Phi) is 12.3. The third kappa shape index (κ3) is 8.51. The molecule has 3 aliphatic rings. The number of rotatable bonds is 17. The molecule has 14 nitrogen and oxygen atoms in total.